The lowest BCUT2D eigenvalue weighted by atomic mass is 10.3. The molecular weight excluding hydrogens is 417 g/mol. The van der Waals surface area contributed by atoms with E-state index in [-0.39, 0.29) is 6.03 Å². The van der Waals surface area contributed by atoms with Crippen molar-refractivity contribution in [2.24, 2.45) is 0 Å². The SMILES string of the molecule is Nc1ccc(NC(=O)NCCCOc2ccc(Br)cc2Cl)c(Cl)c1. The van der Waals surface area contributed by atoms with E-state index in [9.17, 15) is 4.79 Å². The normalized spacial score (nSPS) is 10.3. The first-order valence-corrected chi connectivity index (χ1v) is 8.68. The Hall–Kier alpha value is -1.63. The second-order valence-corrected chi connectivity index (χ2v) is 6.63. The maximum atomic E-state index is 11.8. The summed E-state index contributed by atoms with van der Waals surface area (Å²) in [5.41, 5.74) is 6.64. The summed E-state index contributed by atoms with van der Waals surface area (Å²) in [4.78, 5) is 11.8. The Balaban J connectivity index is 1.69. The molecule has 0 fully saturated rings. The van der Waals surface area contributed by atoms with Crippen molar-refractivity contribution in [1.29, 1.82) is 0 Å². The van der Waals surface area contributed by atoms with Crippen molar-refractivity contribution in [3.8, 4) is 5.75 Å². The Labute approximate surface area is 158 Å². The number of anilines is 2. The Morgan fingerprint density at radius 1 is 1.17 bits per heavy atom. The third kappa shape index (κ3) is 5.78. The fourth-order valence-corrected chi connectivity index (χ4v) is 2.81. The van der Waals surface area contributed by atoms with Crippen LogP contribution in [0.25, 0.3) is 0 Å². The zero-order valence-corrected chi connectivity index (χ0v) is 15.7. The van der Waals surface area contributed by atoms with Crippen LogP contribution in [0.3, 0.4) is 0 Å². The van der Waals surface area contributed by atoms with Crippen LogP contribution in [-0.4, -0.2) is 19.2 Å². The lowest BCUT2D eigenvalue weighted by molar-refractivity contribution is 0.250. The summed E-state index contributed by atoms with van der Waals surface area (Å²) in [7, 11) is 0. The fourth-order valence-electron chi connectivity index (χ4n) is 1.85. The highest BCUT2D eigenvalue weighted by atomic mass is 79.9. The monoisotopic (exact) mass is 431 g/mol. The molecule has 2 rings (SSSR count). The molecule has 2 amide bonds. The number of hydrogen-bond donors (Lipinski definition) is 3. The summed E-state index contributed by atoms with van der Waals surface area (Å²) in [6.07, 6.45) is 0.634. The number of nitrogens with two attached hydrogens (primary N) is 1. The molecule has 0 saturated heterocycles. The van der Waals surface area contributed by atoms with E-state index in [2.05, 4.69) is 26.6 Å². The lowest BCUT2D eigenvalue weighted by Gasteiger charge is -2.10. The number of benzene rings is 2. The first-order valence-electron chi connectivity index (χ1n) is 7.13. The maximum Gasteiger partial charge on any atom is 0.319 e. The molecule has 0 radical (unpaired) electrons. The average Bonchev–Trinajstić information content (AvgIpc) is 2.51. The van der Waals surface area contributed by atoms with Crippen molar-refractivity contribution in [3.63, 3.8) is 0 Å². The Kier molecular flexibility index (Phi) is 7.02. The maximum absolute atomic E-state index is 11.8. The van der Waals surface area contributed by atoms with E-state index in [4.69, 9.17) is 33.7 Å². The number of urea groups is 1. The van der Waals surface area contributed by atoms with Gasteiger partial charge in [0.05, 0.1) is 22.3 Å². The highest BCUT2D eigenvalue weighted by Crippen LogP contribution is 2.27. The summed E-state index contributed by atoms with van der Waals surface area (Å²) >= 11 is 15.4. The Morgan fingerprint density at radius 3 is 2.67 bits per heavy atom. The quantitative estimate of drug-likeness (QED) is 0.447. The van der Waals surface area contributed by atoms with Crippen LogP contribution < -0.4 is 21.1 Å². The molecule has 0 spiro atoms. The van der Waals surface area contributed by atoms with Gasteiger partial charge in [-0.15, -0.1) is 0 Å². The number of halogens is 3. The van der Waals surface area contributed by atoms with Crippen molar-refractivity contribution in [3.05, 3.63) is 50.9 Å². The summed E-state index contributed by atoms with van der Waals surface area (Å²) in [5.74, 6) is 0.609. The van der Waals surface area contributed by atoms with Gasteiger partial charge in [0.15, 0.2) is 0 Å². The highest BCUT2D eigenvalue weighted by molar-refractivity contribution is 9.10. The number of nitrogen functional groups attached to an aromatic ring is 1. The Bertz CT molecular complexity index is 728. The van der Waals surface area contributed by atoms with Crippen molar-refractivity contribution < 1.29 is 9.53 Å². The summed E-state index contributed by atoms with van der Waals surface area (Å²) < 4.78 is 6.45. The molecule has 8 heteroatoms. The van der Waals surface area contributed by atoms with E-state index < -0.39 is 0 Å². The molecule has 24 heavy (non-hydrogen) atoms. The molecule has 4 N–H and O–H groups in total. The molecule has 0 saturated carbocycles. The van der Waals surface area contributed by atoms with Crippen LogP contribution in [0, 0.1) is 0 Å². The second-order valence-electron chi connectivity index (χ2n) is 4.90. The van der Waals surface area contributed by atoms with E-state index in [0.29, 0.717) is 46.7 Å². The highest BCUT2D eigenvalue weighted by Gasteiger charge is 2.06. The molecule has 2 aromatic rings. The van der Waals surface area contributed by atoms with E-state index >= 15 is 0 Å². The molecular formula is C16H16BrCl2N3O2. The molecule has 0 aliphatic rings. The van der Waals surface area contributed by atoms with Gasteiger partial charge < -0.3 is 21.1 Å². The minimum absolute atomic E-state index is 0.344. The third-order valence-corrected chi connectivity index (χ3v) is 4.10. The van der Waals surface area contributed by atoms with Crippen molar-refractivity contribution in [2.45, 2.75) is 6.42 Å². The number of carbonyl (C=O) groups excluding carboxylic acids is 1. The van der Waals surface area contributed by atoms with Gasteiger partial charge in [0.2, 0.25) is 0 Å². The number of hydrogen-bond acceptors (Lipinski definition) is 3. The largest absolute Gasteiger partial charge is 0.492 e. The van der Waals surface area contributed by atoms with Gasteiger partial charge in [-0.2, -0.15) is 0 Å². The molecule has 0 unspecified atom stereocenters. The van der Waals surface area contributed by atoms with Crippen LogP contribution in [-0.2, 0) is 0 Å². The summed E-state index contributed by atoms with van der Waals surface area (Å²) in [6, 6.07) is 9.95. The number of nitrogens with one attached hydrogen (secondary N) is 2. The van der Waals surface area contributed by atoms with E-state index in [1.54, 1.807) is 30.3 Å². The van der Waals surface area contributed by atoms with Crippen LogP contribution >= 0.6 is 39.1 Å². The van der Waals surface area contributed by atoms with Crippen molar-refractivity contribution in [2.75, 3.05) is 24.2 Å². The molecule has 0 aromatic heterocycles. The minimum atomic E-state index is -0.344. The first kappa shape index (κ1) is 18.7. The van der Waals surface area contributed by atoms with Crippen molar-refractivity contribution in [1.82, 2.24) is 5.32 Å². The van der Waals surface area contributed by atoms with Gasteiger partial charge in [-0.05, 0) is 42.8 Å². The van der Waals surface area contributed by atoms with Gasteiger partial charge in [0.25, 0.3) is 0 Å². The van der Waals surface area contributed by atoms with Crippen LogP contribution in [0.1, 0.15) is 6.42 Å². The average molecular weight is 433 g/mol. The Morgan fingerprint density at radius 2 is 1.96 bits per heavy atom. The van der Waals surface area contributed by atoms with Crippen LogP contribution in [0.15, 0.2) is 40.9 Å². The standard InChI is InChI=1S/C16H16BrCl2N3O2/c17-10-2-5-15(13(19)8-10)24-7-1-6-21-16(23)22-14-4-3-11(20)9-12(14)18/h2-5,8-9H,1,6-7,20H2,(H2,21,22,23). The molecule has 2 aromatic carbocycles. The van der Waals surface area contributed by atoms with Gasteiger partial charge >= 0.3 is 6.03 Å². The van der Waals surface area contributed by atoms with Gasteiger partial charge in [0, 0.05) is 16.7 Å². The predicted molar refractivity (Wildman–Crippen MR) is 102 cm³/mol. The zero-order valence-electron chi connectivity index (χ0n) is 12.6. The molecule has 5 nitrogen and oxygen atoms in total. The van der Waals surface area contributed by atoms with Crippen molar-refractivity contribution >= 4 is 56.5 Å². The van der Waals surface area contributed by atoms with Crippen LogP contribution in [0.5, 0.6) is 5.75 Å². The van der Waals surface area contributed by atoms with Crippen LogP contribution in [0.4, 0.5) is 16.2 Å². The number of rotatable bonds is 6. The fraction of sp³-hybridized carbons (Fsp3) is 0.188. The first-order chi connectivity index (χ1) is 11.5. The third-order valence-electron chi connectivity index (χ3n) is 3.00. The minimum Gasteiger partial charge on any atom is -0.492 e. The summed E-state index contributed by atoms with van der Waals surface area (Å²) in [5, 5.41) is 6.30. The van der Waals surface area contributed by atoms with Gasteiger partial charge in [-0.25, -0.2) is 4.79 Å². The molecule has 0 bridgehead atoms. The number of amides is 2. The van der Waals surface area contributed by atoms with E-state index in [1.165, 1.54) is 0 Å². The zero-order chi connectivity index (χ0) is 17.5. The molecule has 0 aliphatic heterocycles. The summed E-state index contributed by atoms with van der Waals surface area (Å²) in [6.45, 7) is 0.886. The predicted octanol–water partition coefficient (Wildman–Crippen LogP) is 4.93. The second kappa shape index (κ2) is 9.01. The van der Waals surface area contributed by atoms with E-state index in [1.807, 2.05) is 6.07 Å². The van der Waals surface area contributed by atoms with Gasteiger partial charge in [0.1, 0.15) is 5.75 Å². The van der Waals surface area contributed by atoms with Gasteiger partial charge in [-0.1, -0.05) is 39.1 Å². The van der Waals surface area contributed by atoms with E-state index in [0.717, 1.165) is 4.47 Å². The van der Waals surface area contributed by atoms with Gasteiger partial charge in [-0.3, -0.25) is 0 Å². The topological polar surface area (TPSA) is 76.4 Å². The number of ether oxygens (including phenoxy) is 1. The molecule has 0 atom stereocenters. The molecule has 0 heterocycles. The number of carbonyl (C=O) groups is 1. The molecule has 0 aliphatic carbocycles. The lowest BCUT2D eigenvalue weighted by Crippen LogP contribution is -2.30. The smallest absolute Gasteiger partial charge is 0.319 e. The molecule has 128 valence electrons. The van der Waals surface area contributed by atoms with Crippen LogP contribution in [0.2, 0.25) is 10.0 Å².